The molecule has 226 valence electrons. The van der Waals surface area contributed by atoms with Gasteiger partial charge in [0.2, 0.25) is 11.8 Å². The summed E-state index contributed by atoms with van der Waals surface area (Å²) in [5.74, 6) is -0.0471. The van der Waals surface area contributed by atoms with E-state index < -0.39 is 28.5 Å². The van der Waals surface area contributed by atoms with Gasteiger partial charge in [0.05, 0.1) is 17.2 Å². The van der Waals surface area contributed by atoms with Crippen molar-refractivity contribution >= 4 is 39.1 Å². The van der Waals surface area contributed by atoms with Crippen molar-refractivity contribution in [3.8, 4) is 5.75 Å². The second kappa shape index (κ2) is 15.1. The van der Waals surface area contributed by atoms with Crippen LogP contribution in [0.2, 0.25) is 5.02 Å². The van der Waals surface area contributed by atoms with E-state index in [1.807, 2.05) is 34.6 Å². The Labute approximate surface area is 254 Å². The van der Waals surface area contributed by atoms with E-state index in [9.17, 15) is 18.0 Å². The van der Waals surface area contributed by atoms with Crippen LogP contribution in [0.3, 0.4) is 0 Å². The van der Waals surface area contributed by atoms with E-state index in [1.54, 1.807) is 60.7 Å². The number of halogens is 1. The van der Waals surface area contributed by atoms with Crippen LogP contribution in [0.25, 0.3) is 0 Å². The van der Waals surface area contributed by atoms with Gasteiger partial charge in [-0.05, 0) is 74.2 Å². The first kappa shape index (κ1) is 32.9. The van der Waals surface area contributed by atoms with Crippen LogP contribution >= 0.6 is 11.6 Å². The number of anilines is 1. The lowest BCUT2D eigenvalue weighted by molar-refractivity contribution is -0.140. The molecule has 0 saturated heterocycles. The van der Waals surface area contributed by atoms with Crippen molar-refractivity contribution in [3.05, 3.63) is 88.9 Å². The average Bonchev–Trinajstić information content (AvgIpc) is 2.96. The fourth-order valence-electron chi connectivity index (χ4n) is 4.39. The Hall–Kier alpha value is -3.56. The minimum Gasteiger partial charge on any atom is -0.494 e. The normalized spacial score (nSPS) is 12.1. The highest BCUT2D eigenvalue weighted by molar-refractivity contribution is 7.92. The third-order valence-corrected chi connectivity index (χ3v) is 8.85. The smallest absolute Gasteiger partial charge is 0.264 e. The summed E-state index contributed by atoms with van der Waals surface area (Å²) in [6.07, 6.45) is 0.327. The Balaban J connectivity index is 2.06. The van der Waals surface area contributed by atoms with Crippen LogP contribution in [0.1, 0.15) is 45.2 Å². The zero-order valence-corrected chi connectivity index (χ0v) is 26.4. The molecule has 3 aromatic carbocycles. The van der Waals surface area contributed by atoms with E-state index in [0.717, 1.165) is 9.87 Å². The molecule has 42 heavy (non-hydrogen) atoms. The van der Waals surface area contributed by atoms with Crippen LogP contribution in [0.15, 0.2) is 77.7 Å². The molecule has 0 spiro atoms. The van der Waals surface area contributed by atoms with Gasteiger partial charge in [-0.3, -0.25) is 13.9 Å². The van der Waals surface area contributed by atoms with E-state index in [2.05, 4.69) is 5.32 Å². The molecule has 10 heteroatoms. The third kappa shape index (κ3) is 8.49. The summed E-state index contributed by atoms with van der Waals surface area (Å²) >= 11 is 6.45. The van der Waals surface area contributed by atoms with Crippen molar-refractivity contribution in [1.82, 2.24) is 10.2 Å². The van der Waals surface area contributed by atoms with Crippen molar-refractivity contribution in [1.29, 1.82) is 0 Å². The fourth-order valence-corrected chi connectivity index (χ4v) is 6.00. The summed E-state index contributed by atoms with van der Waals surface area (Å²) < 4.78 is 34.6. The zero-order valence-electron chi connectivity index (χ0n) is 24.8. The molecular formula is C32H40ClN3O5S. The number of sulfonamides is 1. The number of carbonyl (C=O) groups excluding carboxylic acids is 2. The van der Waals surface area contributed by atoms with Crippen molar-refractivity contribution < 1.29 is 22.7 Å². The van der Waals surface area contributed by atoms with Gasteiger partial charge in [0, 0.05) is 18.1 Å². The highest BCUT2D eigenvalue weighted by Crippen LogP contribution is 2.27. The summed E-state index contributed by atoms with van der Waals surface area (Å²) in [6.45, 7) is 9.93. The van der Waals surface area contributed by atoms with Crippen LogP contribution in [0.4, 0.5) is 5.69 Å². The number of benzene rings is 3. The van der Waals surface area contributed by atoms with Crippen LogP contribution in [-0.2, 0) is 26.2 Å². The molecule has 0 bridgehead atoms. The maximum atomic E-state index is 14.2. The first-order chi connectivity index (χ1) is 20.0. The number of amides is 2. The number of hydrogen-bond acceptors (Lipinski definition) is 5. The van der Waals surface area contributed by atoms with Gasteiger partial charge in [0.1, 0.15) is 18.3 Å². The Kier molecular flexibility index (Phi) is 11.8. The molecule has 1 N–H and O–H groups in total. The molecule has 3 rings (SSSR count). The van der Waals surface area contributed by atoms with Crippen molar-refractivity contribution in [2.24, 2.45) is 5.92 Å². The molecular weight excluding hydrogens is 574 g/mol. The maximum absolute atomic E-state index is 14.2. The molecule has 0 aliphatic carbocycles. The Morgan fingerprint density at radius 3 is 2.17 bits per heavy atom. The monoisotopic (exact) mass is 613 g/mol. The van der Waals surface area contributed by atoms with Gasteiger partial charge in [0.15, 0.2) is 0 Å². The molecule has 0 saturated carbocycles. The summed E-state index contributed by atoms with van der Waals surface area (Å²) in [4.78, 5) is 29.0. The summed E-state index contributed by atoms with van der Waals surface area (Å²) in [6, 6.07) is 19.3. The largest absolute Gasteiger partial charge is 0.494 e. The van der Waals surface area contributed by atoms with Crippen molar-refractivity contribution in [2.75, 3.05) is 24.0 Å². The highest BCUT2D eigenvalue weighted by atomic mass is 35.5. The average molecular weight is 614 g/mol. The lowest BCUT2D eigenvalue weighted by atomic mass is 10.1. The standard InChI is InChI=1S/C32H40ClN3O5S/c1-6-30(32(38)34-20-23(3)4)35(21-25-10-8-9-11-29(25)33)31(37)22-36(26-14-16-27(17-15-26)41-7-2)42(39,40)28-18-12-24(5)13-19-28/h8-19,23,30H,6-7,20-22H2,1-5H3,(H,34,38)/t30-/m1/s1. The van der Waals surface area contributed by atoms with E-state index in [0.29, 0.717) is 41.6 Å². The van der Waals surface area contributed by atoms with Gasteiger partial charge in [0.25, 0.3) is 10.0 Å². The van der Waals surface area contributed by atoms with E-state index >= 15 is 0 Å². The predicted octanol–water partition coefficient (Wildman–Crippen LogP) is 5.82. The Bertz CT molecular complexity index is 1440. The zero-order chi connectivity index (χ0) is 30.9. The predicted molar refractivity (Wildman–Crippen MR) is 167 cm³/mol. The Morgan fingerprint density at radius 2 is 1.60 bits per heavy atom. The number of rotatable bonds is 14. The summed E-state index contributed by atoms with van der Waals surface area (Å²) in [7, 11) is -4.16. The molecule has 3 aromatic rings. The van der Waals surface area contributed by atoms with Crippen LogP contribution in [0, 0.1) is 12.8 Å². The summed E-state index contributed by atoms with van der Waals surface area (Å²) in [5.41, 5.74) is 1.85. The third-order valence-electron chi connectivity index (χ3n) is 6.69. The molecule has 8 nitrogen and oxygen atoms in total. The van der Waals surface area contributed by atoms with Gasteiger partial charge < -0.3 is 15.0 Å². The molecule has 2 amide bonds. The number of aryl methyl sites for hydroxylation is 1. The van der Waals surface area contributed by atoms with Crippen LogP contribution < -0.4 is 14.4 Å². The molecule has 0 heterocycles. The van der Waals surface area contributed by atoms with E-state index in [1.165, 1.54) is 17.0 Å². The topological polar surface area (TPSA) is 96.0 Å². The maximum Gasteiger partial charge on any atom is 0.264 e. The number of hydrogen-bond donors (Lipinski definition) is 1. The van der Waals surface area contributed by atoms with Crippen LogP contribution in [0.5, 0.6) is 5.75 Å². The van der Waals surface area contributed by atoms with Crippen LogP contribution in [-0.4, -0.2) is 50.9 Å². The molecule has 0 aliphatic rings. The molecule has 0 aromatic heterocycles. The minimum atomic E-state index is -4.16. The van der Waals surface area contributed by atoms with Gasteiger partial charge in [-0.2, -0.15) is 0 Å². The van der Waals surface area contributed by atoms with Gasteiger partial charge >= 0.3 is 0 Å². The minimum absolute atomic E-state index is 0.0355. The lowest BCUT2D eigenvalue weighted by Crippen LogP contribution is -2.52. The van der Waals surface area contributed by atoms with Crippen molar-refractivity contribution in [3.63, 3.8) is 0 Å². The number of nitrogens with zero attached hydrogens (tertiary/aromatic N) is 2. The van der Waals surface area contributed by atoms with Gasteiger partial charge in [-0.1, -0.05) is 68.3 Å². The molecule has 0 fully saturated rings. The molecule has 0 unspecified atom stereocenters. The Morgan fingerprint density at radius 1 is 0.952 bits per heavy atom. The quantitative estimate of drug-likeness (QED) is 0.247. The number of nitrogens with one attached hydrogen (secondary N) is 1. The fraction of sp³-hybridized carbons (Fsp3) is 0.375. The molecule has 1 atom stereocenters. The van der Waals surface area contributed by atoms with Crippen molar-refractivity contribution in [2.45, 2.75) is 58.5 Å². The van der Waals surface area contributed by atoms with E-state index in [4.69, 9.17) is 16.3 Å². The van der Waals surface area contributed by atoms with E-state index in [-0.39, 0.29) is 23.3 Å². The van der Waals surface area contributed by atoms with Gasteiger partial charge in [-0.25, -0.2) is 8.42 Å². The summed E-state index contributed by atoms with van der Waals surface area (Å²) in [5, 5.41) is 3.37. The molecule has 0 radical (unpaired) electrons. The second-order valence-electron chi connectivity index (χ2n) is 10.4. The second-order valence-corrected chi connectivity index (χ2v) is 12.7. The van der Waals surface area contributed by atoms with Gasteiger partial charge in [-0.15, -0.1) is 0 Å². The lowest BCUT2D eigenvalue weighted by Gasteiger charge is -2.33. The highest BCUT2D eigenvalue weighted by Gasteiger charge is 2.34. The molecule has 0 aliphatic heterocycles. The first-order valence-electron chi connectivity index (χ1n) is 14.1. The number of ether oxygens (including phenoxy) is 1. The number of carbonyl (C=O) groups is 2. The first-order valence-corrected chi connectivity index (χ1v) is 15.9. The SMILES string of the molecule is CCOc1ccc(N(CC(=O)N(Cc2ccccc2Cl)[C@H](CC)C(=O)NCC(C)C)S(=O)(=O)c2ccc(C)cc2)cc1.